The van der Waals surface area contributed by atoms with Crippen LogP contribution in [0.25, 0.3) is 0 Å². The Morgan fingerprint density at radius 3 is 1.62 bits per heavy atom. The maximum Gasteiger partial charge on any atom is 0.222 e. The summed E-state index contributed by atoms with van der Waals surface area (Å²) >= 11 is 0. The summed E-state index contributed by atoms with van der Waals surface area (Å²) in [5, 5.41) is 2.91. The van der Waals surface area contributed by atoms with Gasteiger partial charge in [-0.1, -0.05) is 91.0 Å². The summed E-state index contributed by atoms with van der Waals surface area (Å²) < 4.78 is 12.4. The smallest absolute Gasteiger partial charge is 0.222 e. The van der Waals surface area contributed by atoms with Crippen molar-refractivity contribution in [3.8, 4) is 0 Å². The minimum atomic E-state index is -0.783. The first-order valence-corrected chi connectivity index (χ1v) is 9.86. The van der Waals surface area contributed by atoms with E-state index in [0.717, 1.165) is 16.7 Å². The lowest BCUT2D eigenvalue weighted by Crippen LogP contribution is -2.57. The van der Waals surface area contributed by atoms with Crippen LogP contribution in [-0.4, -0.2) is 31.8 Å². The molecule has 4 heteroatoms. The maximum absolute atomic E-state index is 11.4. The molecule has 1 heterocycles. The number of carbonyl (C=O) groups is 1. The van der Waals surface area contributed by atoms with Crippen molar-refractivity contribution in [1.29, 1.82) is 0 Å². The van der Waals surface area contributed by atoms with Gasteiger partial charge in [0.25, 0.3) is 0 Å². The molecule has 1 amide bonds. The fourth-order valence-corrected chi connectivity index (χ4v) is 3.93. The summed E-state index contributed by atoms with van der Waals surface area (Å²) in [5.41, 5.74) is 2.36. The van der Waals surface area contributed by atoms with Crippen molar-refractivity contribution in [2.45, 2.75) is 24.2 Å². The molecule has 1 saturated heterocycles. The van der Waals surface area contributed by atoms with Crippen LogP contribution in [0.2, 0.25) is 0 Å². The predicted octanol–water partition coefficient (Wildman–Crippen LogP) is 3.90. The maximum atomic E-state index is 11.4. The number of hydrogen-bond acceptors (Lipinski definition) is 3. The number of ether oxygens (including phenoxy) is 2. The van der Waals surface area contributed by atoms with Crippen molar-refractivity contribution in [3.05, 3.63) is 108 Å². The SMILES string of the molecule is CO[C@@H](COC(c1ccccc1)(c1ccccc1)c1ccccc1)[C@@H]1CC(=O)N1. The minimum Gasteiger partial charge on any atom is -0.377 e. The topological polar surface area (TPSA) is 47.6 Å². The molecule has 0 saturated carbocycles. The molecule has 0 unspecified atom stereocenters. The van der Waals surface area contributed by atoms with Gasteiger partial charge in [0.05, 0.1) is 12.6 Å². The summed E-state index contributed by atoms with van der Waals surface area (Å²) in [5.74, 6) is 0.0532. The first kappa shape index (κ1) is 19.4. The fourth-order valence-electron chi connectivity index (χ4n) is 3.93. The number of nitrogens with one attached hydrogen (secondary N) is 1. The molecule has 1 N–H and O–H groups in total. The fraction of sp³-hybridized carbons (Fsp3) is 0.240. The van der Waals surface area contributed by atoms with Crippen LogP contribution in [0.15, 0.2) is 91.0 Å². The lowest BCUT2D eigenvalue weighted by Gasteiger charge is -2.39. The van der Waals surface area contributed by atoms with E-state index >= 15 is 0 Å². The van der Waals surface area contributed by atoms with E-state index in [1.165, 1.54) is 0 Å². The number of methoxy groups -OCH3 is 1. The van der Waals surface area contributed by atoms with E-state index < -0.39 is 5.60 Å². The molecule has 148 valence electrons. The Morgan fingerprint density at radius 1 is 0.862 bits per heavy atom. The van der Waals surface area contributed by atoms with Crippen LogP contribution < -0.4 is 5.32 Å². The molecule has 0 aliphatic carbocycles. The number of β-lactam (4-membered cyclic amide) rings is 1. The highest BCUT2D eigenvalue weighted by molar-refractivity contribution is 5.83. The van der Waals surface area contributed by atoms with Crippen molar-refractivity contribution in [1.82, 2.24) is 5.32 Å². The van der Waals surface area contributed by atoms with Gasteiger partial charge in [0.1, 0.15) is 11.7 Å². The highest BCUT2D eigenvalue weighted by Gasteiger charge is 2.40. The van der Waals surface area contributed by atoms with Gasteiger partial charge in [0.15, 0.2) is 0 Å². The van der Waals surface area contributed by atoms with Crippen LogP contribution in [0.3, 0.4) is 0 Å². The van der Waals surface area contributed by atoms with Gasteiger partial charge in [-0.2, -0.15) is 0 Å². The highest BCUT2D eigenvalue weighted by Crippen LogP contribution is 2.40. The van der Waals surface area contributed by atoms with Gasteiger partial charge in [-0.3, -0.25) is 4.79 Å². The second-order valence-electron chi connectivity index (χ2n) is 7.24. The zero-order valence-corrected chi connectivity index (χ0v) is 16.5. The molecule has 1 fully saturated rings. The Hall–Kier alpha value is -2.95. The summed E-state index contributed by atoms with van der Waals surface area (Å²) in [6.07, 6.45) is 0.250. The zero-order chi connectivity index (χ0) is 20.1. The zero-order valence-electron chi connectivity index (χ0n) is 16.5. The normalized spacial score (nSPS) is 17.3. The quantitative estimate of drug-likeness (QED) is 0.471. The van der Waals surface area contributed by atoms with E-state index in [-0.39, 0.29) is 18.1 Å². The molecule has 4 rings (SSSR count). The molecular formula is C25H25NO3. The van der Waals surface area contributed by atoms with Gasteiger partial charge in [0, 0.05) is 13.5 Å². The Bertz CT molecular complexity index is 823. The summed E-state index contributed by atoms with van der Waals surface area (Å²) in [6, 6.07) is 30.7. The van der Waals surface area contributed by atoms with E-state index in [9.17, 15) is 4.79 Å². The molecule has 0 bridgehead atoms. The summed E-state index contributed by atoms with van der Waals surface area (Å²) in [7, 11) is 1.66. The second-order valence-corrected chi connectivity index (χ2v) is 7.24. The lowest BCUT2D eigenvalue weighted by atomic mass is 9.80. The number of carbonyl (C=O) groups excluding carboxylic acids is 1. The van der Waals surface area contributed by atoms with Crippen LogP contribution in [0, 0.1) is 0 Å². The van der Waals surface area contributed by atoms with E-state index in [4.69, 9.17) is 9.47 Å². The van der Waals surface area contributed by atoms with Gasteiger partial charge in [-0.15, -0.1) is 0 Å². The summed E-state index contributed by atoms with van der Waals surface area (Å²) in [4.78, 5) is 11.4. The molecule has 3 aromatic carbocycles. The Morgan fingerprint density at radius 2 is 1.28 bits per heavy atom. The molecule has 1 aliphatic heterocycles. The van der Waals surface area contributed by atoms with Crippen molar-refractivity contribution >= 4 is 5.91 Å². The van der Waals surface area contributed by atoms with Crippen LogP contribution in [0.4, 0.5) is 0 Å². The molecule has 1 aliphatic rings. The molecule has 3 aromatic rings. The van der Waals surface area contributed by atoms with Crippen molar-refractivity contribution < 1.29 is 14.3 Å². The Balaban J connectivity index is 1.78. The highest BCUT2D eigenvalue weighted by atomic mass is 16.5. The first-order chi connectivity index (χ1) is 14.2. The molecule has 4 nitrogen and oxygen atoms in total. The average molecular weight is 387 g/mol. The monoisotopic (exact) mass is 387 g/mol. The Kier molecular flexibility index (Phi) is 5.74. The van der Waals surface area contributed by atoms with Gasteiger partial charge >= 0.3 is 0 Å². The molecule has 2 atom stereocenters. The van der Waals surface area contributed by atoms with Gasteiger partial charge in [-0.05, 0) is 16.7 Å². The van der Waals surface area contributed by atoms with Crippen LogP contribution in [0.5, 0.6) is 0 Å². The van der Waals surface area contributed by atoms with Crippen LogP contribution >= 0.6 is 0 Å². The van der Waals surface area contributed by atoms with Crippen LogP contribution in [-0.2, 0) is 19.9 Å². The number of rotatable bonds is 8. The first-order valence-electron chi connectivity index (χ1n) is 9.86. The van der Waals surface area contributed by atoms with E-state index in [2.05, 4.69) is 41.7 Å². The Labute approximate surface area is 171 Å². The van der Waals surface area contributed by atoms with Gasteiger partial charge in [0.2, 0.25) is 5.91 Å². The van der Waals surface area contributed by atoms with E-state index in [1.54, 1.807) is 7.11 Å². The standard InChI is InChI=1S/C25H25NO3/c1-28-23(22-17-24(27)26-22)18-29-25(19-11-5-2-6-12-19,20-13-7-3-8-14-20)21-15-9-4-10-16-21/h2-16,22-23H,17-18H2,1H3,(H,26,27)/t22-,23-/m0/s1. The lowest BCUT2D eigenvalue weighted by molar-refractivity contribution is -0.135. The third-order valence-corrected chi connectivity index (χ3v) is 5.51. The van der Waals surface area contributed by atoms with Crippen molar-refractivity contribution in [2.24, 2.45) is 0 Å². The molecular weight excluding hydrogens is 362 g/mol. The minimum absolute atomic E-state index is 0.0208. The van der Waals surface area contributed by atoms with Crippen molar-refractivity contribution in [2.75, 3.05) is 13.7 Å². The third kappa shape index (κ3) is 3.82. The van der Waals surface area contributed by atoms with Gasteiger partial charge in [-0.25, -0.2) is 0 Å². The molecule has 0 radical (unpaired) electrons. The largest absolute Gasteiger partial charge is 0.377 e. The number of hydrogen-bond donors (Lipinski definition) is 1. The summed E-state index contributed by atoms with van der Waals surface area (Å²) in [6.45, 7) is 0.347. The molecule has 29 heavy (non-hydrogen) atoms. The third-order valence-electron chi connectivity index (χ3n) is 5.51. The van der Waals surface area contributed by atoms with E-state index in [0.29, 0.717) is 13.0 Å². The molecule has 0 spiro atoms. The molecule has 0 aromatic heterocycles. The van der Waals surface area contributed by atoms with E-state index in [1.807, 2.05) is 54.6 Å². The van der Waals surface area contributed by atoms with Gasteiger partial charge < -0.3 is 14.8 Å². The average Bonchev–Trinajstić information content (AvgIpc) is 2.77. The number of benzene rings is 3. The predicted molar refractivity (Wildman–Crippen MR) is 113 cm³/mol. The second kappa shape index (κ2) is 8.60. The van der Waals surface area contributed by atoms with Crippen molar-refractivity contribution in [3.63, 3.8) is 0 Å². The number of amides is 1. The van der Waals surface area contributed by atoms with Crippen LogP contribution in [0.1, 0.15) is 23.1 Å².